The summed E-state index contributed by atoms with van der Waals surface area (Å²) in [6, 6.07) is 7.78. The monoisotopic (exact) mass is 427 g/mol. The molecule has 0 unspecified atom stereocenters. The van der Waals surface area contributed by atoms with Crippen LogP contribution in [0.15, 0.2) is 24.3 Å². The zero-order valence-electron chi connectivity index (χ0n) is 18.1. The largest absolute Gasteiger partial charge is 0.481 e. The number of nitrogens with one attached hydrogen (secondary N) is 1. The summed E-state index contributed by atoms with van der Waals surface area (Å²) < 4.78 is 24.7. The van der Waals surface area contributed by atoms with Gasteiger partial charge in [-0.3, -0.25) is 0 Å². The Kier molecular flexibility index (Phi) is 6.59. The minimum Gasteiger partial charge on any atom is -0.481 e. The van der Waals surface area contributed by atoms with Crippen LogP contribution in [0.2, 0.25) is 0 Å². The number of methoxy groups -OCH3 is 1. The fourth-order valence-corrected chi connectivity index (χ4v) is 3.27. The van der Waals surface area contributed by atoms with Gasteiger partial charge in [0.1, 0.15) is 17.5 Å². The van der Waals surface area contributed by atoms with Gasteiger partial charge in [-0.05, 0) is 45.7 Å². The Morgan fingerprint density at radius 1 is 1.26 bits per heavy atom. The Hall–Kier alpha value is -3.41. The normalized spacial score (nSPS) is 14.6. The van der Waals surface area contributed by atoms with Crippen LogP contribution in [0.4, 0.5) is 15.1 Å². The standard InChI is InChI=1S/C22H26FN5O3/c1-22(2,3)31-21(29)25-16-7-9-28(10-8-16)20-26-18(12-19(27-20)30-4)14-5-6-15(13-24)17(23)11-14/h5-6,11-12,16H,7-10H2,1-4H3,(H,25,29). The molecule has 0 aliphatic carbocycles. The maximum Gasteiger partial charge on any atom is 0.407 e. The third-order valence-corrected chi connectivity index (χ3v) is 4.78. The number of anilines is 1. The molecule has 1 aliphatic heterocycles. The van der Waals surface area contributed by atoms with Crippen molar-refractivity contribution in [3.8, 4) is 23.2 Å². The van der Waals surface area contributed by atoms with Gasteiger partial charge in [0.25, 0.3) is 0 Å². The summed E-state index contributed by atoms with van der Waals surface area (Å²) in [6.45, 7) is 6.75. The average Bonchev–Trinajstić information content (AvgIpc) is 2.72. The number of nitriles is 1. The van der Waals surface area contributed by atoms with Gasteiger partial charge in [0.05, 0.1) is 18.4 Å². The Balaban J connectivity index is 1.72. The van der Waals surface area contributed by atoms with Crippen molar-refractivity contribution in [3.05, 3.63) is 35.6 Å². The number of nitrogens with zero attached hydrogens (tertiary/aromatic N) is 4. The van der Waals surface area contributed by atoms with Crippen LogP contribution in [0, 0.1) is 17.1 Å². The van der Waals surface area contributed by atoms with Crippen LogP contribution in [0.5, 0.6) is 5.88 Å². The molecule has 2 aromatic rings. The Morgan fingerprint density at radius 2 is 1.97 bits per heavy atom. The van der Waals surface area contributed by atoms with Crippen LogP contribution >= 0.6 is 0 Å². The number of carbonyl (C=O) groups excluding carboxylic acids is 1. The average molecular weight is 427 g/mol. The fraction of sp³-hybridized carbons (Fsp3) is 0.455. The van der Waals surface area contributed by atoms with Crippen molar-refractivity contribution in [1.29, 1.82) is 5.26 Å². The van der Waals surface area contributed by atoms with E-state index in [4.69, 9.17) is 14.7 Å². The molecule has 3 rings (SSSR count). The van der Waals surface area contributed by atoms with Gasteiger partial charge in [0.2, 0.25) is 11.8 Å². The molecule has 0 atom stereocenters. The lowest BCUT2D eigenvalue weighted by atomic mass is 10.1. The summed E-state index contributed by atoms with van der Waals surface area (Å²) in [6.07, 6.45) is 0.995. The quantitative estimate of drug-likeness (QED) is 0.795. The minimum atomic E-state index is -0.604. The molecule has 0 spiro atoms. The van der Waals surface area contributed by atoms with E-state index in [0.29, 0.717) is 49.0 Å². The lowest BCUT2D eigenvalue weighted by molar-refractivity contribution is 0.0497. The van der Waals surface area contributed by atoms with Gasteiger partial charge in [0, 0.05) is 30.8 Å². The van der Waals surface area contributed by atoms with Crippen LogP contribution in [0.25, 0.3) is 11.3 Å². The minimum absolute atomic E-state index is 0.00352. The third-order valence-electron chi connectivity index (χ3n) is 4.78. The second-order valence-electron chi connectivity index (χ2n) is 8.31. The molecule has 1 aromatic heterocycles. The van der Waals surface area contributed by atoms with Crippen molar-refractivity contribution >= 4 is 12.0 Å². The molecule has 1 aliphatic rings. The number of rotatable bonds is 4. The van der Waals surface area contributed by atoms with Crippen molar-refractivity contribution < 1.29 is 18.7 Å². The fourth-order valence-electron chi connectivity index (χ4n) is 3.27. The maximum atomic E-state index is 14.1. The zero-order valence-corrected chi connectivity index (χ0v) is 18.1. The highest BCUT2D eigenvalue weighted by Gasteiger charge is 2.25. The number of hydrogen-bond acceptors (Lipinski definition) is 7. The lowest BCUT2D eigenvalue weighted by Crippen LogP contribution is -2.46. The van der Waals surface area contributed by atoms with Crippen LogP contribution in [-0.4, -0.2) is 47.9 Å². The van der Waals surface area contributed by atoms with E-state index in [9.17, 15) is 9.18 Å². The van der Waals surface area contributed by atoms with E-state index in [2.05, 4.69) is 15.3 Å². The van der Waals surface area contributed by atoms with E-state index in [1.165, 1.54) is 19.2 Å². The van der Waals surface area contributed by atoms with Crippen molar-refractivity contribution in [2.45, 2.75) is 45.3 Å². The molecule has 164 valence electrons. The lowest BCUT2D eigenvalue weighted by Gasteiger charge is -2.33. The smallest absolute Gasteiger partial charge is 0.407 e. The summed E-state index contributed by atoms with van der Waals surface area (Å²) in [7, 11) is 1.51. The Labute approximate surface area is 181 Å². The molecular weight excluding hydrogens is 401 g/mol. The van der Waals surface area contributed by atoms with Gasteiger partial charge in [0.15, 0.2) is 0 Å². The van der Waals surface area contributed by atoms with E-state index in [-0.39, 0.29) is 11.6 Å². The molecule has 0 bridgehead atoms. The highest BCUT2D eigenvalue weighted by atomic mass is 19.1. The molecule has 1 saturated heterocycles. The van der Waals surface area contributed by atoms with E-state index < -0.39 is 17.5 Å². The summed E-state index contributed by atoms with van der Waals surface area (Å²) in [5.41, 5.74) is 0.462. The molecule has 9 heteroatoms. The number of piperidine rings is 1. The van der Waals surface area contributed by atoms with E-state index in [0.717, 1.165) is 0 Å². The predicted molar refractivity (Wildman–Crippen MR) is 113 cm³/mol. The van der Waals surface area contributed by atoms with Crippen molar-refractivity contribution in [2.24, 2.45) is 0 Å². The molecule has 1 fully saturated rings. The number of aromatic nitrogens is 2. The number of hydrogen-bond donors (Lipinski definition) is 1. The molecule has 0 radical (unpaired) electrons. The first-order valence-corrected chi connectivity index (χ1v) is 10.1. The van der Waals surface area contributed by atoms with E-state index in [1.807, 2.05) is 31.7 Å². The maximum absolute atomic E-state index is 14.1. The summed E-state index contributed by atoms with van der Waals surface area (Å²) in [5.74, 6) is 0.224. The number of carbonyl (C=O) groups is 1. The molecule has 31 heavy (non-hydrogen) atoms. The Bertz CT molecular complexity index is 992. The molecule has 0 saturated carbocycles. The van der Waals surface area contributed by atoms with Gasteiger partial charge >= 0.3 is 6.09 Å². The van der Waals surface area contributed by atoms with Crippen LogP contribution in [-0.2, 0) is 4.74 Å². The van der Waals surface area contributed by atoms with Crippen molar-refractivity contribution in [3.63, 3.8) is 0 Å². The zero-order chi connectivity index (χ0) is 22.6. The van der Waals surface area contributed by atoms with Gasteiger partial charge in [-0.1, -0.05) is 6.07 Å². The van der Waals surface area contributed by atoms with Crippen molar-refractivity contribution in [1.82, 2.24) is 15.3 Å². The number of amides is 1. The van der Waals surface area contributed by atoms with Gasteiger partial charge in [-0.2, -0.15) is 10.2 Å². The van der Waals surface area contributed by atoms with Crippen molar-refractivity contribution in [2.75, 3.05) is 25.1 Å². The number of benzene rings is 1. The summed E-state index contributed by atoms with van der Waals surface area (Å²) >= 11 is 0. The molecule has 8 nitrogen and oxygen atoms in total. The SMILES string of the molecule is COc1cc(-c2ccc(C#N)c(F)c2)nc(N2CCC(NC(=O)OC(C)(C)C)CC2)n1. The topological polar surface area (TPSA) is 100 Å². The number of halogens is 1. The third kappa shape index (κ3) is 5.81. The van der Waals surface area contributed by atoms with Crippen LogP contribution in [0.3, 0.4) is 0 Å². The number of alkyl carbamates (subject to hydrolysis) is 1. The van der Waals surface area contributed by atoms with Crippen LogP contribution in [0.1, 0.15) is 39.2 Å². The second-order valence-corrected chi connectivity index (χ2v) is 8.31. The second kappa shape index (κ2) is 9.16. The highest BCUT2D eigenvalue weighted by Crippen LogP contribution is 2.27. The van der Waals surface area contributed by atoms with E-state index in [1.54, 1.807) is 12.1 Å². The molecular formula is C22H26FN5O3. The first-order valence-electron chi connectivity index (χ1n) is 10.1. The van der Waals surface area contributed by atoms with Gasteiger partial charge < -0.3 is 19.7 Å². The summed E-state index contributed by atoms with van der Waals surface area (Å²) in [5, 5.41) is 11.8. The molecule has 2 heterocycles. The van der Waals surface area contributed by atoms with Gasteiger partial charge in [-0.25, -0.2) is 14.2 Å². The molecule has 1 aromatic carbocycles. The first-order chi connectivity index (χ1) is 14.7. The first kappa shape index (κ1) is 22.3. The Morgan fingerprint density at radius 3 is 2.55 bits per heavy atom. The number of ether oxygens (including phenoxy) is 2. The van der Waals surface area contributed by atoms with E-state index >= 15 is 0 Å². The highest BCUT2D eigenvalue weighted by molar-refractivity contribution is 5.68. The summed E-state index contributed by atoms with van der Waals surface area (Å²) in [4.78, 5) is 23.0. The van der Waals surface area contributed by atoms with Crippen LogP contribution < -0.4 is 15.0 Å². The molecule has 1 amide bonds. The predicted octanol–water partition coefficient (Wildman–Crippen LogP) is 3.66. The molecule has 1 N–H and O–H groups in total. The van der Waals surface area contributed by atoms with Gasteiger partial charge in [-0.15, -0.1) is 0 Å².